The Hall–Kier alpha value is -3.22. The highest BCUT2D eigenvalue weighted by atomic mass is 16.1. The van der Waals surface area contributed by atoms with Crippen molar-refractivity contribution in [1.82, 2.24) is 19.6 Å². The number of nitrogens with zero attached hydrogens (tertiary/aromatic N) is 4. The highest BCUT2D eigenvalue weighted by Crippen LogP contribution is 2.13. The van der Waals surface area contributed by atoms with Crippen LogP contribution in [0.5, 0.6) is 0 Å². The molecular weight excluding hydrogens is 306 g/mol. The van der Waals surface area contributed by atoms with E-state index in [2.05, 4.69) is 10.2 Å². The average molecular weight is 323 g/mol. The van der Waals surface area contributed by atoms with E-state index in [0.29, 0.717) is 0 Å². The van der Waals surface area contributed by atoms with E-state index in [4.69, 9.17) is 5.73 Å². The molecule has 0 atom stereocenters. The summed E-state index contributed by atoms with van der Waals surface area (Å²) in [6.45, 7) is 4.20. The molecule has 3 rings (SSSR count). The molecule has 2 heterocycles. The lowest BCUT2D eigenvalue weighted by Gasteiger charge is -2.08. The highest BCUT2D eigenvalue weighted by molar-refractivity contribution is 5.90. The van der Waals surface area contributed by atoms with E-state index < -0.39 is 5.91 Å². The Kier molecular flexibility index (Phi) is 3.99. The van der Waals surface area contributed by atoms with Crippen LogP contribution in [0.2, 0.25) is 0 Å². The average Bonchev–Trinajstić information content (AvgIpc) is 2.88. The SMILES string of the molecule is Cc1cc(C)n(-c2ccc(Cn3nc(C(N)=O)ccc3=O)cc2)n1. The lowest BCUT2D eigenvalue weighted by molar-refractivity contribution is 0.0993. The van der Waals surface area contributed by atoms with Crippen LogP contribution in [0.1, 0.15) is 27.4 Å². The molecule has 3 aromatic rings. The number of rotatable bonds is 4. The number of nitrogens with two attached hydrogens (primary N) is 1. The molecule has 0 bridgehead atoms. The first kappa shape index (κ1) is 15.7. The Morgan fingerprint density at radius 3 is 2.38 bits per heavy atom. The molecular formula is C17H17N5O2. The van der Waals surface area contributed by atoms with Gasteiger partial charge in [-0.3, -0.25) is 9.59 Å². The fourth-order valence-electron chi connectivity index (χ4n) is 2.50. The minimum atomic E-state index is -0.663. The number of hydrogen-bond acceptors (Lipinski definition) is 4. The number of carbonyl (C=O) groups is 1. The fraction of sp³-hybridized carbons (Fsp3) is 0.176. The monoisotopic (exact) mass is 323 g/mol. The molecule has 0 radical (unpaired) electrons. The molecule has 122 valence electrons. The van der Waals surface area contributed by atoms with E-state index in [1.54, 1.807) is 0 Å². The van der Waals surface area contributed by atoms with E-state index in [1.807, 2.05) is 48.9 Å². The smallest absolute Gasteiger partial charge is 0.269 e. The fourth-order valence-corrected chi connectivity index (χ4v) is 2.50. The summed E-state index contributed by atoms with van der Waals surface area (Å²) in [5, 5.41) is 8.41. The first-order valence-corrected chi connectivity index (χ1v) is 7.44. The van der Waals surface area contributed by atoms with Gasteiger partial charge < -0.3 is 5.73 Å². The molecule has 24 heavy (non-hydrogen) atoms. The summed E-state index contributed by atoms with van der Waals surface area (Å²) in [4.78, 5) is 23.1. The summed E-state index contributed by atoms with van der Waals surface area (Å²) in [6, 6.07) is 12.3. The second-order valence-electron chi connectivity index (χ2n) is 5.58. The van der Waals surface area contributed by atoms with Crippen LogP contribution in [-0.4, -0.2) is 25.5 Å². The molecule has 7 heteroatoms. The van der Waals surface area contributed by atoms with Crippen LogP contribution in [-0.2, 0) is 6.54 Å². The zero-order valence-electron chi connectivity index (χ0n) is 13.4. The number of carbonyl (C=O) groups excluding carboxylic acids is 1. The summed E-state index contributed by atoms with van der Waals surface area (Å²) >= 11 is 0. The van der Waals surface area contributed by atoms with E-state index >= 15 is 0 Å². The van der Waals surface area contributed by atoms with Crippen LogP contribution >= 0.6 is 0 Å². The molecule has 2 N–H and O–H groups in total. The standard InChI is InChI=1S/C17H17N5O2/c1-11-9-12(2)22(19-11)14-5-3-13(4-6-14)10-21-16(23)8-7-15(20-21)17(18)24/h3-9H,10H2,1-2H3,(H2,18,24). The summed E-state index contributed by atoms with van der Waals surface area (Å²) in [5.41, 5.74) is 8.80. The van der Waals surface area contributed by atoms with Crippen LogP contribution in [0.4, 0.5) is 0 Å². The summed E-state index contributed by atoms with van der Waals surface area (Å²) in [5.74, 6) is -0.663. The van der Waals surface area contributed by atoms with E-state index in [9.17, 15) is 9.59 Å². The lowest BCUT2D eigenvalue weighted by atomic mass is 10.2. The molecule has 1 amide bonds. The largest absolute Gasteiger partial charge is 0.364 e. The minimum Gasteiger partial charge on any atom is -0.364 e. The van der Waals surface area contributed by atoms with Gasteiger partial charge in [-0.1, -0.05) is 12.1 Å². The molecule has 0 fully saturated rings. The lowest BCUT2D eigenvalue weighted by Crippen LogP contribution is -2.26. The Bertz CT molecular complexity index is 954. The third kappa shape index (κ3) is 3.10. The highest BCUT2D eigenvalue weighted by Gasteiger charge is 2.07. The van der Waals surface area contributed by atoms with Crippen LogP contribution in [0.3, 0.4) is 0 Å². The van der Waals surface area contributed by atoms with Gasteiger partial charge in [-0.2, -0.15) is 10.2 Å². The van der Waals surface area contributed by atoms with Crippen molar-refractivity contribution >= 4 is 5.91 Å². The summed E-state index contributed by atoms with van der Waals surface area (Å²) in [6.07, 6.45) is 0. The number of primary amides is 1. The third-order valence-electron chi connectivity index (χ3n) is 3.64. The van der Waals surface area contributed by atoms with Gasteiger partial charge in [0, 0.05) is 11.8 Å². The van der Waals surface area contributed by atoms with E-state index in [-0.39, 0.29) is 17.8 Å². The zero-order valence-corrected chi connectivity index (χ0v) is 13.4. The van der Waals surface area contributed by atoms with Gasteiger partial charge in [-0.25, -0.2) is 9.36 Å². The van der Waals surface area contributed by atoms with Gasteiger partial charge in [0.25, 0.3) is 11.5 Å². The van der Waals surface area contributed by atoms with Crippen LogP contribution in [0.15, 0.2) is 47.3 Å². The topological polar surface area (TPSA) is 95.8 Å². The van der Waals surface area contributed by atoms with E-state index in [0.717, 1.165) is 22.6 Å². The van der Waals surface area contributed by atoms with Crippen molar-refractivity contribution in [2.24, 2.45) is 5.73 Å². The van der Waals surface area contributed by atoms with Crippen LogP contribution < -0.4 is 11.3 Å². The van der Waals surface area contributed by atoms with Crippen LogP contribution in [0.25, 0.3) is 5.69 Å². The van der Waals surface area contributed by atoms with Gasteiger partial charge in [0.1, 0.15) is 5.69 Å². The maximum absolute atomic E-state index is 11.9. The van der Waals surface area contributed by atoms with Gasteiger partial charge in [0.05, 0.1) is 17.9 Å². The van der Waals surface area contributed by atoms with Crippen molar-refractivity contribution in [2.45, 2.75) is 20.4 Å². The molecule has 0 saturated carbocycles. The maximum atomic E-state index is 11.9. The van der Waals surface area contributed by atoms with Crippen molar-refractivity contribution in [3.63, 3.8) is 0 Å². The van der Waals surface area contributed by atoms with Crippen molar-refractivity contribution in [2.75, 3.05) is 0 Å². The predicted molar refractivity (Wildman–Crippen MR) is 89.2 cm³/mol. The molecule has 0 unspecified atom stereocenters. The summed E-state index contributed by atoms with van der Waals surface area (Å²) in [7, 11) is 0. The molecule has 0 aliphatic carbocycles. The first-order chi connectivity index (χ1) is 11.4. The molecule has 0 aliphatic heterocycles. The van der Waals surface area contributed by atoms with Crippen molar-refractivity contribution in [1.29, 1.82) is 0 Å². The van der Waals surface area contributed by atoms with Gasteiger partial charge in [0.15, 0.2) is 0 Å². The summed E-state index contributed by atoms with van der Waals surface area (Å²) < 4.78 is 3.08. The van der Waals surface area contributed by atoms with Gasteiger partial charge in [-0.05, 0) is 43.7 Å². The number of amides is 1. The Balaban J connectivity index is 1.87. The van der Waals surface area contributed by atoms with E-state index in [1.165, 1.54) is 16.8 Å². The number of aryl methyl sites for hydroxylation is 2. The maximum Gasteiger partial charge on any atom is 0.269 e. The molecule has 7 nitrogen and oxygen atoms in total. The number of hydrogen-bond donors (Lipinski definition) is 1. The molecule has 0 saturated heterocycles. The second kappa shape index (κ2) is 6.11. The number of benzene rings is 1. The van der Waals surface area contributed by atoms with Gasteiger partial charge in [-0.15, -0.1) is 0 Å². The number of aromatic nitrogens is 4. The normalized spacial score (nSPS) is 10.8. The Morgan fingerprint density at radius 1 is 1.08 bits per heavy atom. The minimum absolute atomic E-state index is 0.0638. The van der Waals surface area contributed by atoms with Gasteiger partial charge in [0.2, 0.25) is 0 Å². The molecule has 0 aliphatic rings. The van der Waals surface area contributed by atoms with Crippen LogP contribution in [0, 0.1) is 13.8 Å². The zero-order chi connectivity index (χ0) is 17.3. The molecule has 0 spiro atoms. The Morgan fingerprint density at radius 2 is 1.79 bits per heavy atom. The van der Waals surface area contributed by atoms with Crippen molar-refractivity contribution < 1.29 is 4.79 Å². The Labute approximate surface area is 138 Å². The molecule has 1 aromatic carbocycles. The predicted octanol–water partition coefficient (Wildman–Crippen LogP) is 1.19. The first-order valence-electron chi connectivity index (χ1n) is 7.44. The van der Waals surface area contributed by atoms with Crippen molar-refractivity contribution in [3.8, 4) is 5.69 Å². The van der Waals surface area contributed by atoms with Gasteiger partial charge >= 0.3 is 0 Å². The quantitative estimate of drug-likeness (QED) is 0.780. The molecule has 2 aromatic heterocycles. The second-order valence-corrected chi connectivity index (χ2v) is 5.58. The van der Waals surface area contributed by atoms with Crippen molar-refractivity contribution in [3.05, 3.63) is 75.5 Å². The third-order valence-corrected chi connectivity index (χ3v) is 3.64.